The summed E-state index contributed by atoms with van der Waals surface area (Å²) in [5.41, 5.74) is 0. The normalized spacial score (nSPS) is 14.4. The molecule has 0 radical (unpaired) electrons. The van der Waals surface area contributed by atoms with Crippen LogP contribution < -0.4 is 0 Å². The van der Waals surface area contributed by atoms with Gasteiger partial charge in [-0.1, -0.05) is 422 Å². The Morgan fingerprint density at radius 3 is 0.672 bits per heavy atom. The number of unbranched alkanes of at least 4 members (excludes halogenated alkanes) is 44. The summed E-state index contributed by atoms with van der Waals surface area (Å²) in [7, 11) is -9.82. The Balaban J connectivity index is 4.62. The Bertz CT molecular complexity index is 2950. The van der Waals surface area contributed by atoms with Crippen LogP contribution in [-0.4, -0.2) is 95.9 Å². The van der Waals surface area contributed by atoms with E-state index in [1.165, 1.54) is 199 Å². The second kappa shape index (κ2) is 98.0. The van der Waals surface area contributed by atoms with Gasteiger partial charge in [-0.25, -0.2) is 9.13 Å². The number of esters is 3. The largest absolute Gasteiger partial charge is 0.472 e. The monoisotopic (exact) mass is 1790 g/mol. The highest BCUT2D eigenvalue weighted by Crippen LogP contribution is 2.45. The molecule has 0 fully saturated rings. The molecule has 0 aliphatic carbocycles. The van der Waals surface area contributed by atoms with Crippen LogP contribution in [0, 0.1) is 0 Å². The van der Waals surface area contributed by atoms with E-state index in [-0.39, 0.29) is 19.3 Å². The van der Waals surface area contributed by atoms with Crippen molar-refractivity contribution in [2.45, 2.75) is 450 Å². The van der Waals surface area contributed by atoms with Gasteiger partial charge < -0.3 is 34.2 Å². The van der Waals surface area contributed by atoms with E-state index < -0.39 is 91.5 Å². The van der Waals surface area contributed by atoms with Gasteiger partial charge in [-0.2, -0.15) is 0 Å². The van der Waals surface area contributed by atoms with Crippen LogP contribution in [0.1, 0.15) is 432 Å². The highest BCUT2D eigenvalue weighted by molar-refractivity contribution is 7.47. The van der Waals surface area contributed by atoms with E-state index in [9.17, 15) is 43.5 Å². The van der Waals surface area contributed by atoms with Gasteiger partial charge in [0.1, 0.15) is 25.4 Å². The molecule has 0 amide bonds. The van der Waals surface area contributed by atoms with Crippen molar-refractivity contribution in [3.05, 3.63) is 170 Å². The summed E-state index contributed by atoms with van der Waals surface area (Å²) in [6.45, 7) is 2.57. The number of allylic oxidation sites excluding steroid dienone is 28. The van der Waals surface area contributed by atoms with Crippen molar-refractivity contribution in [3.8, 4) is 0 Å². The van der Waals surface area contributed by atoms with Gasteiger partial charge in [0.2, 0.25) is 0 Å². The molecule has 18 heteroatoms. The first kappa shape index (κ1) is 120. The highest BCUT2D eigenvalue weighted by atomic mass is 31.2. The summed E-state index contributed by atoms with van der Waals surface area (Å²) >= 11 is 0. The summed E-state index contributed by atoms with van der Waals surface area (Å²) in [6.07, 6.45) is 128. The summed E-state index contributed by atoms with van der Waals surface area (Å²) in [4.78, 5) is 59.2. The molecule has 16 nitrogen and oxygen atoms in total. The van der Waals surface area contributed by atoms with Crippen molar-refractivity contribution in [3.63, 3.8) is 0 Å². The number of hydrogen-bond donors (Lipinski definition) is 4. The maximum atomic E-state index is 13.1. The number of phosphoric ester groups is 2. The minimum absolute atomic E-state index is 0.0900. The van der Waals surface area contributed by atoms with Crippen LogP contribution >= 0.6 is 15.6 Å². The molecule has 125 heavy (non-hydrogen) atoms. The number of aliphatic hydroxyl groups is 2. The van der Waals surface area contributed by atoms with Gasteiger partial charge in [0.25, 0.3) is 0 Å². The summed E-state index contributed by atoms with van der Waals surface area (Å²) in [5.74, 6) is -1.57. The molecule has 0 saturated heterocycles. The molecule has 0 rings (SSSR count). The van der Waals surface area contributed by atoms with Crippen LogP contribution in [0.4, 0.5) is 0 Å². The summed E-state index contributed by atoms with van der Waals surface area (Å²) < 4.78 is 61.7. The van der Waals surface area contributed by atoms with Crippen molar-refractivity contribution in [2.75, 3.05) is 39.6 Å². The molecule has 0 aromatic carbocycles. The average molecular weight is 1790 g/mol. The van der Waals surface area contributed by atoms with Gasteiger partial charge in [-0.3, -0.25) is 32.5 Å². The van der Waals surface area contributed by atoms with Gasteiger partial charge in [-0.05, 0) is 161 Å². The fourth-order valence-electron chi connectivity index (χ4n) is 13.8. The average Bonchev–Trinajstić information content (AvgIpc) is 0.900. The zero-order chi connectivity index (χ0) is 90.7. The van der Waals surface area contributed by atoms with Crippen molar-refractivity contribution in [2.24, 2.45) is 0 Å². The third-order valence-electron chi connectivity index (χ3n) is 21.4. The highest BCUT2D eigenvalue weighted by Gasteiger charge is 2.30. The molecule has 5 unspecified atom stereocenters. The molecular formula is C107H184O16P2. The Hall–Kier alpha value is -5.09. The lowest BCUT2D eigenvalue weighted by molar-refractivity contribution is -0.161. The van der Waals surface area contributed by atoms with Crippen molar-refractivity contribution < 1.29 is 75.8 Å². The van der Waals surface area contributed by atoms with Crippen LogP contribution in [-0.2, 0) is 55.8 Å². The molecule has 0 aromatic heterocycles. The molecule has 0 aliphatic rings. The number of phosphoric acid groups is 2. The number of carbonyl (C=O) groups excluding carboxylic acids is 3. The van der Waals surface area contributed by atoms with Crippen LogP contribution in [0.2, 0.25) is 0 Å². The second-order valence-corrected chi connectivity index (χ2v) is 36.5. The minimum Gasteiger partial charge on any atom is -0.463 e. The second-order valence-electron chi connectivity index (χ2n) is 33.5. The van der Waals surface area contributed by atoms with E-state index in [2.05, 4.69) is 191 Å². The predicted octanol–water partition coefficient (Wildman–Crippen LogP) is 31.8. The Labute approximate surface area is 764 Å². The standard InChI is InChI=1S/C107H184O16P2/c1-4-7-10-13-16-19-22-25-28-31-34-37-40-43-46-48-49-50-51-53-56-57-60-63-66-69-72-75-78-81-84-87-90-93-105(110)117-96-102(108)97-119-124(113,114)120-98-103(109)99-121-125(115,116)122-101-104(123-107(112)95-92-89-86-83-80-77-74-71-68-65-62-59-54-45-42-39-36-33-30-27-24-21-18-15-12-9-6-3)100-118-106(111)94-91-88-85-82-79-76-73-70-67-64-61-58-55-52-47-44-41-38-35-32-29-26-23-20-17-14-11-8-5-2/h9,12,16-21,25-30,34-39,43-47,54,62,65,102-104,108-109H,4-8,10-11,13-15,22-24,31-33,40-42,48-53,55-61,63-64,66-101H2,1-3H3,(H,113,114)(H,115,116)/b12-9-,19-16-,20-17-,21-18-,28-25-,29-26-,30-27-,37-34-,38-35-,39-36-,46-43-,47-44-,54-45-,65-62-. The van der Waals surface area contributed by atoms with Gasteiger partial charge in [-0.15, -0.1) is 0 Å². The molecule has 0 aliphatic heterocycles. The van der Waals surface area contributed by atoms with Crippen LogP contribution in [0.15, 0.2) is 170 Å². The maximum absolute atomic E-state index is 13.1. The van der Waals surface area contributed by atoms with Crippen LogP contribution in [0.25, 0.3) is 0 Å². The van der Waals surface area contributed by atoms with Crippen LogP contribution in [0.3, 0.4) is 0 Å². The molecule has 5 atom stereocenters. The zero-order valence-corrected chi connectivity index (χ0v) is 81.3. The first-order chi connectivity index (χ1) is 61.2. The lowest BCUT2D eigenvalue weighted by Gasteiger charge is -2.21. The van der Waals surface area contributed by atoms with E-state index in [1.54, 1.807) is 0 Å². The summed E-state index contributed by atoms with van der Waals surface area (Å²) in [5, 5.41) is 20.8. The van der Waals surface area contributed by atoms with Gasteiger partial charge in [0, 0.05) is 19.3 Å². The Morgan fingerprint density at radius 2 is 0.424 bits per heavy atom. The van der Waals surface area contributed by atoms with Crippen LogP contribution in [0.5, 0.6) is 0 Å². The lowest BCUT2D eigenvalue weighted by atomic mass is 10.0. The number of ether oxygens (including phenoxy) is 3. The predicted molar refractivity (Wildman–Crippen MR) is 528 cm³/mol. The molecule has 0 bridgehead atoms. The zero-order valence-electron chi connectivity index (χ0n) is 79.5. The first-order valence-corrected chi connectivity index (χ1v) is 53.4. The maximum Gasteiger partial charge on any atom is 0.472 e. The van der Waals surface area contributed by atoms with Gasteiger partial charge >= 0.3 is 33.6 Å². The lowest BCUT2D eigenvalue weighted by Crippen LogP contribution is -2.30. The SMILES string of the molecule is CC/C=C\C/C=C\C/C=C\C/C=C\C/C=C\C/C=C\CCCCCCCCCCC(=O)OC(COC(=O)CCCCCCCCCCCCCCC/C=C\C/C=C\C/C=C\C/C=C\CCCCC)COP(=O)(O)OCC(O)COP(=O)(O)OCC(O)COC(=O)CCCCCCCCCCCCCCCCCCC/C=C\C/C=C\C/C=C\C/C=C\CCCCC. The number of carbonyl (C=O) groups is 3. The Kier molecular flexibility index (Phi) is 94.0. The van der Waals surface area contributed by atoms with E-state index in [1.807, 2.05) is 0 Å². The Morgan fingerprint density at radius 1 is 0.232 bits per heavy atom. The molecular weight excluding hydrogens is 1600 g/mol. The molecule has 0 heterocycles. The van der Waals surface area contributed by atoms with E-state index in [0.29, 0.717) is 19.3 Å². The number of aliphatic hydroxyl groups excluding tert-OH is 2. The fraction of sp³-hybridized carbons (Fsp3) is 0.710. The van der Waals surface area contributed by atoms with E-state index >= 15 is 0 Å². The van der Waals surface area contributed by atoms with Crippen molar-refractivity contribution in [1.82, 2.24) is 0 Å². The number of rotatable bonds is 95. The van der Waals surface area contributed by atoms with Crippen molar-refractivity contribution >= 4 is 33.6 Å². The fourth-order valence-corrected chi connectivity index (χ4v) is 15.4. The van der Waals surface area contributed by atoms with E-state index in [0.717, 1.165) is 173 Å². The van der Waals surface area contributed by atoms with Gasteiger partial charge in [0.05, 0.1) is 26.4 Å². The minimum atomic E-state index is -4.95. The molecule has 718 valence electrons. The van der Waals surface area contributed by atoms with Crippen molar-refractivity contribution in [1.29, 1.82) is 0 Å². The summed E-state index contributed by atoms with van der Waals surface area (Å²) in [6, 6.07) is 0. The molecule has 0 aromatic rings. The molecule has 4 N–H and O–H groups in total. The van der Waals surface area contributed by atoms with E-state index in [4.69, 9.17) is 32.3 Å². The van der Waals surface area contributed by atoms with Gasteiger partial charge in [0.15, 0.2) is 6.10 Å². The quantitative estimate of drug-likeness (QED) is 0.0146. The number of hydrogen-bond acceptors (Lipinski definition) is 14. The third kappa shape index (κ3) is 99.3. The first-order valence-electron chi connectivity index (χ1n) is 50.4. The topological polar surface area (TPSA) is 231 Å². The molecule has 0 spiro atoms. The smallest absolute Gasteiger partial charge is 0.463 e. The molecule has 0 saturated carbocycles. The third-order valence-corrected chi connectivity index (χ3v) is 23.3.